The Morgan fingerprint density at radius 3 is 3.10 bits per heavy atom. The number of rotatable bonds is 2. The number of halogens is 1. The Morgan fingerprint density at radius 1 is 1.55 bits per heavy atom. The first-order valence-corrected chi connectivity index (χ1v) is 7.67. The minimum atomic E-state index is 0.402. The van der Waals surface area contributed by atoms with Crippen molar-refractivity contribution in [3.05, 3.63) is 28.0 Å². The second-order valence-corrected chi connectivity index (χ2v) is 5.87. The topological polar surface area (TPSA) is 68.2 Å². The lowest BCUT2D eigenvalue weighted by atomic mass is 9.96. The highest BCUT2D eigenvalue weighted by molar-refractivity contribution is 9.10. The summed E-state index contributed by atoms with van der Waals surface area (Å²) in [5.41, 5.74) is 9.06. The van der Waals surface area contributed by atoms with E-state index in [1.165, 1.54) is 6.42 Å². The molecule has 1 atom stereocenters. The van der Waals surface area contributed by atoms with Gasteiger partial charge in [-0.15, -0.1) is 0 Å². The molecule has 5 nitrogen and oxygen atoms in total. The number of aromatic nitrogens is 3. The number of nitrogen functional groups attached to an aromatic ring is 1. The van der Waals surface area contributed by atoms with Crippen molar-refractivity contribution >= 4 is 33.5 Å². The van der Waals surface area contributed by atoms with Crippen molar-refractivity contribution in [2.75, 3.05) is 18.8 Å². The van der Waals surface area contributed by atoms with Crippen molar-refractivity contribution in [2.45, 2.75) is 25.7 Å². The third-order valence-electron chi connectivity index (χ3n) is 3.71. The summed E-state index contributed by atoms with van der Waals surface area (Å²) in [4.78, 5) is 4.82. The largest absolute Gasteiger partial charge is 0.383 e. The van der Waals surface area contributed by atoms with Gasteiger partial charge in [0.2, 0.25) is 0 Å². The highest BCUT2D eigenvalue weighted by Gasteiger charge is 2.23. The van der Waals surface area contributed by atoms with Crippen LogP contribution in [-0.2, 0) is 0 Å². The van der Waals surface area contributed by atoms with E-state index in [-0.39, 0.29) is 0 Å². The summed E-state index contributed by atoms with van der Waals surface area (Å²) in [6, 6.07) is 0. The predicted octanol–water partition coefficient (Wildman–Crippen LogP) is 2.57. The van der Waals surface area contributed by atoms with Crippen LogP contribution in [0, 0.1) is 0 Å². The highest BCUT2D eigenvalue weighted by Crippen LogP contribution is 2.33. The van der Waals surface area contributed by atoms with E-state index < -0.39 is 0 Å². The molecule has 3 heterocycles. The van der Waals surface area contributed by atoms with E-state index in [4.69, 9.17) is 10.7 Å². The third kappa shape index (κ3) is 2.23. The number of fused-ring (bicyclic) bond motifs is 1. The number of nitrogens with two attached hydrogens (primary N) is 1. The van der Waals surface area contributed by atoms with Crippen LogP contribution < -0.4 is 11.1 Å². The number of hydrogen-bond acceptors (Lipinski definition) is 4. The second-order valence-electron chi connectivity index (χ2n) is 5.07. The summed E-state index contributed by atoms with van der Waals surface area (Å²) < 4.78 is 2.56. The molecular formula is C14H18BrN5. The summed E-state index contributed by atoms with van der Waals surface area (Å²) in [6.45, 7) is 4.02. The van der Waals surface area contributed by atoms with Gasteiger partial charge in [0.25, 0.3) is 0 Å². The number of piperidine rings is 1. The summed E-state index contributed by atoms with van der Waals surface area (Å²) in [6.07, 6.45) is 8.10. The molecule has 1 saturated heterocycles. The average molecular weight is 336 g/mol. The molecule has 6 heteroatoms. The standard InChI is InChI=1S/C14H18BrN5/c1-2-4-10-8-18-20-13(16)11(15)12(19-14(10)20)9-5-3-6-17-7-9/h2,4,8-9,17H,3,5-7,16H2,1H3. The number of nitrogens with zero attached hydrogens (tertiary/aromatic N) is 3. The van der Waals surface area contributed by atoms with Crippen molar-refractivity contribution in [2.24, 2.45) is 0 Å². The van der Waals surface area contributed by atoms with Crippen LogP contribution in [0.2, 0.25) is 0 Å². The molecule has 1 unspecified atom stereocenters. The van der Waals surface area contributed by atoms with Crippen LogP contribution in [-0.4, -0.2) is 27.7 Å². The highest BCUT2D eigenvalue weighted by atomic mass is 79.9. The van der Waals surface area contributed by atoms with Crippen molar-refractivity contribution in [3.8, 4) is 0 Å². The normalized spacial score (nSPS) is 20.0. The average Bonchev–Trinajstić information content (AvgIpc) is 2.87. The van der Waals surface area contributed by atoms with Crippen LogP contribution in [0.4, 0.5) is 5.82 Å². The van der Waals surface area contributed by atoms with Gasteiger partial charge in [-0.2, -0.15) is 9.61 Å². The Labute approximate surface area is 126 Å². The Hall–Kier alpha value is -1.40. The monoisotopic (exact) mass is 335 g/mol. The molecule has 20 heavy (non-hydrogen) atoms. The first-order valence-electron chi connectivity index (χ1n) is 6.88. The Kier molecular flexibility index (Phi) is 3.76. The second kappa shape index (κ2) is 5.54. The fraction of sp³-hybridized carbons (Fsp3) is 0.429. The van der Waals surface area contributed by atoms with Crippen LogP contribution in [0.5, 0.6) is 0 Å². The zero-order valence-electron chi connectivity index (χ0n) is 11.4. The molecule has 0 amide bonds. The van der Waals surface area contributed by atoms with Crippen molar-refractivity contribution in [1.29, 1.82) is 0 Å². The van der Waals surface area contributed by atoms with Crippen LogP contribution in [0.1, 0.15) is 36.9 Å². The maximum Gasteiger partial charge on any atom is 0.164 e. The number of allylic oxidation sites excluding steroid dienone is 1. The molecule has 3 rings (SSSR count). The quantitative estimate of drug-likeness (QED) is 0.884. The van der Waals surface area contributed by atoms with E-state index in [1.807, 2.05) is 19.1 Å². The fourth-order valence-corrected chi connectivity index (χ4v) is 3.26. The zero-order chi connectivity index (χ0) is 14.1. The molecule has 2 aromatic heterocycles. The van der Waals surface area contributed by atoms with Gasteiger partial charge in [-0.3, -0.25) is 0 Å². The Bertz CT molecular complexity index is 655. The van der Waals surface area contributed by atoms with Gasteiger partial charge in [0, 0.05) is 18.0 Å². The SMILES string of the molecule is CC=Cc1cnn2c(N)c(Br)c(C3CCCNC3)nc12. The van der Waals surface area contributed by atoms with Gasteiger partial charge < -0.3 is 11.1 Å². The van der Waals surface area contributed by atoms with Gasteiger partial charge in [0.1, 0.15) is 5.82 Å². The van der Waals surface area contributed by atoms with E-state index in [1.54, 1.807) is 10.7 Å². The van der Waals surface area contributed by atoms with Gasteiger partial charge in [-0.05, 0) is 42.2 Å². The molecule has 0 bridgehead atoms. The Balaban J connectivity index is 2.16. The van der Waals surface area contributed by atoms with Gasteiger partial charge in [0.05, 0.1) is 16.4 Å². The first kappa shape index (κ1) is 13.6. The van der Waals surface area contributed by atoms with Crippen molar-refractivity contribution in [1.82, 2.24) is 19.9 Å². The lowest BCUT2D eigenvalue weighted by Crippen LogP contribution is -2.29. The van der Waals surface area contributed by atoms with E-state index >= 15 is 0 Å². The van der Waals surface area contributed by atoms with E-state index in [0.29, 0.717) is 11.7 Å². The van der Waals surface area contributed by atoms with E-state index in [2.05, 4.69) is 26.3 Å². The molecule has 1 aliphatic heterocycles. The maximum absolute atomic E-state index is 6.20. The molecule has 0 spiro atoms. The minimum Gasteiger partial charge on any atom is -0.383 e. The molecule has 0 radical (unpaired) electrons. The molecule has 1 aliphatic rings. The summed E-state index contributed by atoms with van der Waals surface area (Å²) in [5, 5.41) is 7.74. The van der Waals surface area contributed by atoms with E-state index in [9.17, 15) is 0 Å². The van der Waals surface area contributed by atoms with Gasteiger partial charge in [0.15, 0.2) is 5.65 Å². The first-order chi connectivity index (χ1) is 9.72. The lowest BCUT2D eigenvalue weighted by molar-refractivity contribution is 0.453. The predicted molar refractivity (Wildman–Crippen MR) is 84.7 cm³/mol. The van der Waals surface area contributed by atoms with Crippen LogP contribution in [0.25, 0.3) is 11.7 Å². The third-order valence-corrected chi connectivity index (χ3v) is 4.52. The molecule has 3 N–H and O–H groups in total. The van der Waals surface area contributed by atoms with Crippen LogP contribution in [0.3, 0.4) is 0 Å². The van der Waals surface area contributed by atoms with Gasteiger partial charge in [-0.25, -0.2) is 4.98 Å². The van der Waals surface area contributed by atoms with Crippen molar-refractivity contribution in [3.63, 3.8) is 0 Å². The minimum absolute atomic E-state index is 0.402. The number of hydrogen-bond donors (Lipinski definition) is 2. The summed E-state index contributed by atoms with van der Waals surface area (Å²) in [5.74, 6) is 1.02. The van der Waals surface area contributed by atoms with Crippen LogP contribution in [0.15, 0.2) is 16.7 Å². The molecular weight excluding hydrogens is 318 g/mol. The van der Waals surface area contributed by atoms with Crippen LogP contribution >= 0.6 is 15.9 Å². The van der Waals surface area contributed by atoms with Crippen molar-refractivity contribution < 1.29 is 0 Å². The number of nitrogens with one attached hydrogen (secondary N) is 1. The maximum atomic E-state index is 6.20. The number of anilines is 1. The zero-order valence-corrected chi connectivity index (χ0v) is 13.0. The van der Waals surface area contributed by atoms with Gasteiger partial charge in [-0.1, -0.05) is 12.2 Å². The van der Waals surface area contributed by atoms with E-state index in [0.717, 1.165) is 40.9 Å². The van der Waals surface area contributed by atoms with Gasteiger partial charge >= 0.3 is 0 Å². The molecule has 1 fully saturated rings. The fourth-order valence-electron chi connectivity index (χ4n) is 2.68. The summed E-state index contributed by atoms with van der Waals surface area (Å²) in [7, 11) is 0. The molecule has 106 valence electrons. The molecule has 2 aromatic rings. The molecule has 0 aromatic carbocycles. The summed E-state index contributed by atoms with van der Waals surface area (Å²) >= 11 is 3.59. The lowest BCUT2D eigenvalue weighted by Gasteiger charge is -2.23. The Morgan fingerprint density at radius 2 is 2.40 bits per heavy atom. The molecule has 0 aliphatic carbocycles. The smallest absolute Gasteiger partial charge is 0.164 e. The molecule has 0 saturated carbocycles.